The fourth-order valence-corrected chi connectivity index (χ4v) is 1.85. The van der Waals surface area contributed by atoms with Crippen molar-refractivity contribution in [1.82, 2.24) is 10.6 Å². The summed E-state index contributed by atoms with van der Waals surface area (Å²) in [5, 5.41) is 5.48. The molecule has 0 aliphatic carbocycles. The summed E-state index contributed by atoms with van der Waals surface area (Å²) in [4.78, 5) is 23.1. The van der Waals surface area contributed by atoms with Crippen LogP contribution >= 0.6 is 15.9 Å². The Labute approximate surface area is 115 Å². The lowest BCUT2D eigenvalue weighted by Crippen LogP contribution is -2.31. The molecule has 1 aromatic carbocycles. The van der Waals surface area contributed by atoms with Crippen molar-refractivity contribution >= 4 is 27.7 Å². The first kappa shape index (κ1) is 14.7. The topological polar surface area (TPSA) is 58.2 Å². The van der Waals surface area contributed by atoms with Gasteiger partial charge in [-0.25, -0.2) is 0 Å². The Morgan fingerprint density at radius 2 is 1.89 bits per heavy atom. The van der Waals surface area contributed by atoms with E-state index in [1.54, 1.807) is 12.1 Å². The van der Waals surface area contributed by atoms with E-state index < -0.39 is 0 Å². The number of rotatable bonds is 6. The molecule has 0 heterocycles. The van der Waals surface area contributed by atoms with Crippen LogP contribution in [0.1, 0.15) is 30.1 Å². The monoisotopic (exact) mass is 312 g/mol. The molecule has 0 saturated carbocycles. The lowest BCUT2D eigenvalue weighted by atomic mass is 10.2. The summed E-state index contributed by atoms with van der Waals surface area (Å²) in [5.41, 5.74) is 0.575. The second kappa shape index (κ2) is 7.87. The van der Waals surface area contributed by atoms with Crippen LogP contribution in [-0.4, -0.2) is 24.9 Å². The second-order valence-corrected chi connectivity index (χ2v) is 4.69. The highest BCUT2D eigenvalue weighted by Crippen LogP contribution is 2.15. The van der Waals surface area contributed by atoms with Crippen molar-refractivity contribution in [3.05, 3.63) is 34.3 Å². The Kier molecular flexibility index (Phi) is 6.43. The minimum Gasteiger partial charge on any atom is -0.356 e. The number of carbonyl (C=O) groups is 2. The van der Waals surface area contributed by atoms with Gasteiger partial charge in [-0.3, -0.25) is 9.59 Å². The molecular formula is C13H17BrN2O2. The normalized spacial score (nSPS) is 9.89. The van der Waals surface area contributed by atoms with Crippen molar-refractivity contribution in [2.75, 3.05) is 13.1 Å². The van der Waals surface area contributed by atoms with Gasteiger partial charge in [0.2, 0.25) is 5.91 Å². The third-order valence-electron chi connectivity index (χ3n) is 2.33. The van der Waals surface area contributed by atoms with Crippen LogP contribution in [0.3, 0.4) is 0 Å². The van der Waals surface area contributed by atoms with Crippen LogP contribution in [-0.2, 0) is 4.79 Å². The molecule has 0 fully saturated rings. The predicted octanol–water partition coefficient (Wildman–Crippen LogP) is 2.10. The van der Waals surface area contributed by atoms with Crippen molar-refractivity contribution in [2.45, 2.75) is 19.8 Å². The molecule has 0 unspecified atom stereocenters. The quantitative estimate of drug-likeness (QED) is 0.845. The molecular weight excluding hydrogens is 296 g/mol. The van der Waals surface area contributed by atoms with Gasteiger partial charge in [-0.2, -0.15) is 0 Å². The zero-order valence-electron chi connectivity index (χ0n) is 10.3. The minimum absolute atomic E-state index is 0.0377. The van der Waals surface area contributed by atoms with Gasteiger partial charge in [0, 0.05) is 24.0 Å². The third kappa shape index (κ3) is 4.87. The van der Waals surface area contributed by atoms with E-state index in [2.05, 4.69) is 26.6 Å². The molecule has 5 heteroatoms. The van der Waals surface area contributed by atoms with E-state index in [1.807, 2.05) is 19.1 Å². The highest BCUT2D eigenvalue weighted by atomic mass is 79.9. The Hall–Kier alpha value is -1.36. The van der Waals surface area contributed by atoms with Crippen molar-refractivity contribution in [3.8, 4) is 0 Å². The van der Waals surface area contributed by atoms with Gasteiger partial charge in [0.25, 0.3) is 5.91 Å². The molecule has 0 aliphatic heterocycles. The zero-order valence-corrected chi connectivity index (χ0v) is 11.9. The van der Waals surface area contributed by atoms with Crippen LogP contribution in [0.15, 0.2) is 28.7 Å². The summed E-state index contributed by atoms with van der Waals surface area (Å²) in [6.45, 7) is 3.02. The average molecular weight is 313 g/mol. The summed E-state index contributed by atoms with van der Waals surface area (Å²) in [6, 6.07) is 7.19. The van der Waals surface area contributed by atoms with Crippen LogP contribution in [0.5, 0.6) is 0 Å². The molecule has 18 heavy (non-hydrogen) atoms. The molecule has 4 nitrogen and oxygen atoms in total. The van der Waals surface area contributed by atoms with Crippen LogP contribution in [0.4, 0.5) is 0 Å². The number of halogens is 1. The summed E-state index contributed by atoms with van der Waals surface area (Å²) in [6.07, 6.45) is 1.21. The van der Waals surface area contributed by atoms with Gasteiger partial charge in [-0.1, -0.05) is 19.1 Å². The van der Waals surface area contributed by atoms with Crippen LogP contribution in [0, 0.1) is 0 Å². The molecule has 1 aromatic rings. The van der Waals surface area contributed by atoms with E-state index in [0.29, 0.717) is 25.1 Å². The first-order valence-electron chi connectivity index (χ1n) is 5.94. The van der Waals surface area contributed by atoms with E-state index in [-0.39, 0.29) is 11.8 Å². The smallest absolute Gasteiger partial charge is 0.252 e. The largest absolute Gasteiger partial charge is 0.356 e. The maximum Gasteiger partial charge on any atom is 0.252 e. The van der Waals surface area contributed by atoms with Crippen LogP contribution in [0.25, 0.3) is 0 Å². The molecule has 0 radical (unpaired) electrons. The van der Waals surface area contributed by atoms with Gasteiger partial charge in [0.05, 0.1) is 5.56 Å². The fourth-order valence-electron chi connectivity index (χ4n) is 1.38. The predicted molar refractivity (Wildman–Crippen MR) is 74.4 cm³/mol. The van der Waals surface area contributed by atoms with Crippen molar-refractivity contribution < 1.29 is 9.59 Å². The number of amides is 2. The van der Waals surface area contributed by atoms with Crippen molar-refractivity contribution in [3.63, 3.8) is 0 Å². The molecule has 98 valence electrons. The molecule has 1 rings (SSSR count). The van der Waals surface area contributed by atoms with E-state index >= 15 is 0 Å². The lowest BCUT2D eigenvalue weighted by molar-refractivity contribution is -0.120. The zero-order chi connectivity index (χ0) is 13.4. The lowest BCUT2D eigenvalue weighted by Gasteiger charge is -2.07. The molecule has 2 amide bonds. The number of hydrogen-bond acceptors (Lipinski definition) is 2. The van der Waals surface area contributed by atoms with Crippen molar-refractivity contribution in [1.29, 1.82) is 0 Å². The number of hydrogen-bond donors (Lipinski definition) is 2. The molecule has 0 bridgehead atoms. The summed E-state index contributed by atoms with van der Waals surface area (Å²) < 4.78 is 0.748. The van der Waals surface area contributed by atoms with E-state index in [9.17, 15) is 9.59 Å². The molecule has 0 aromatic heterocycles. The molecule has 0 spiro atoms. The average Bonchev–Trinajstić information content (AvgIpc) is 2.36. The maximum atomic E-state index is 11.8. The maximum absolute atomic E-state index is 11.8. The Morgan fingerprint density at radius 1 is 1.17 bits per heavy atom. The molecule has 0 aliphatic rings. The number of carbonyl (C=O) groups excluding carboxylic acids is 2. The van der Waals surface area contributed by atoms with E-state index in [4.69, 9.17) is 0 Å². The summed E-state index contributed by atoms with van der Waals surface area (Å²) >= 11 is 3.31. The van der Waals surface area contributed by atoms with Gasteiger partial charge < -0.3 is 10.6 Å². The van der Waals surface area contributed by atoms with Crippen LogP contribution < -0.4 is 10.6 Å². The van der Waals surface area contributed by atoms with Crippen LogP contribution in [0.2, 0.25) is 0 Å². The third-order valence-corrected chi connectivity index (χ3v) is 3.02. The van der Waals surface area contributed by atoms with E-state index in [0.717, 1.165) is 10.9 Å². The summed E-state index contributed by atoms with van der Waals surface area (Å²) in [5.74, 6) is -0.213. The van der Waals surface area contributed by atoms with Gasteiger partial charge >= 0.3 is 0 Å². The Bertz CT molecular complexity index is 421. The van der Waals surface area contributed by atoms with Gasteiger partial charge in [-0.15, -0.1) is 0 Å². The fraction of sp³-hybridized carbons (Fsp3) is 0.385. The number of nitrogens with one attached hydrogen (secondary N) is 2. The SMILES string of the molecule is CCCNC(=O)CCNC(=O)c1ccccc1Br. The number of benzene rings is 1. The highest BCUT2D eigenvalue weighted by Gasteiger charge is 2.09. The highest BCUT2D eigenvalue weighted by molar-refractivity contribution is 9.10. The first-order valence-corrected chi connectivity index (χ1v) is 6.74. The molecule has 0 saturated heterocycles. The van der Waals surface area contributed by atoms with Crippen molar-refractivity contribution in [2.24, 2.45) is 0 Å². The minimum atomic E-state index is -0.175. The van der Waals surface area contributed by atoms with E-state index in [1.165, 1.54) is 0 Å². The summed E-state index contributed by atoms with van der Waals surface area (Å²) in [7, 11) is 0. The Balaban J connectivity index is 2.34. The molecule has 2 N–H and O–H groups in total. The second-order valence-electron chi connectivity index (χ2n) is 3.84. The standard InChI is InChI=1S/C13H17BrN2O2/c1-2-8-15-12(17)7-9-16-13(18)10-5-3-4-6-11(10)14/h3-6H,2,7-9H2,1H3,(H,15,17)(H,16,18). The Morgan fingerprint density at radius 3 is 2.56 bits per heavy atom. The van der Waals surface area contributed by atoms with Gasteiger partial charge in [0.1, 0.15) is 0 Å². The van der Waals surface area contributed by atoms with Gasteiger partial charge in [-0.05, 0) is 34.5 Å². The first-order chi connectivity index (χ1) is 8.65. The molecule has 0 atom stereocenters. The van der Waals surface area contributed by atoms with Gasteiger partial charge in [0.15, 0.2) is 0 Å².